The number of halogens is 1. The van der Waals surface area contributed by atoms with Crippen LogP contribution in [0.5, 0.6) is 5.75 Å². The smallest absolute Gasteiger partial charge is 0.344 e. The molecule has 23 heavy (non-hydrogen) atoms. The molecule has 1 aromatic carbocycles. The van der Waals surface area contributed by atoms with Crippen LogP contribution >= 0.6 is 11.6 Å². The maximum atomic E-state index is 10.8. The summed E-state index contributed by atoms with van der Waals surface area (Å²) in [6, 6.07) is 5.50. The third-order valence-electron chi connectivity index (χ3n) is 4.86. The third-order valence-corrected chi connectivity index (χ3v) is 5.15. The lowest BCUT2D eigenvalue weighted by Crippen LogP contribution is -2.23. The highest BCUT2D eigenvalue weighted by Gasteiger charge is 2.39. The van der Waals surface area contributed by atoms with Crippen LogP contribution in [0.2, 0.25) is 5.02 Å². The molecular formula is C17H22ClNO4. The van der Waals surface area contributed by atoms with Crippen molar-refractivity contribution in [2.75, 3.05) is 13.1 Å². The summed E-state index contributed by atoms with van der Waals surface area (Å²) in [6.07, 6.45) is 0.792. The summed E-state index contributed by atoms with van der Waals surface area (Å²) < 4.78 is 5.33. The Labute approximate surface area is 140 Å². The molecule has 1 aromatic rings. The number of ether oxygens (including phenoxy) is 1. The monoisotopic (exact) mass is 339 g/mol. The van der Waals surface area contributed by atoms with Crippen LogP contribution in [0.3, 0.4) is 0 Å². The average Bonchev–Trinajstić information content (AvgIpc) is 2.98. The first-order valence-corrected chi connectivity index (χ1v) is 8.38. The van der Waals surface area contributed by atoms with Gasteiger partial charge in [-0.2, -0.15) is 0 Å². The predicted molar refractivity (Wildman–Crippen MR) is 86.7 cm³/mol. The second kappa shape index (κ2) is 6.67. The first-order chi connectivity index (χ1) is 10.9. The SMILES string of the molecule is CC(Oc1ccc(CN2C[C@H]3CC(O)C[C@H]3C2)cc1Cl)C(=O)O. The van der Waals surface area contributed by atoms with Crippen molar-refractivity contribution >= 4 is 17.6 Å². The summed E-state index contributed by atoms with van der Waals surface area (Å²) in [4.78, 5) is 13.2. The number of nitrogens with zero attached hydrogens (tertiary/aromatic N) is 1. The van der Waals surface area contributed by atoms with Crippen molar-refractivity contribution in [2.45, 2.75) is 38.5 Å². The Morgan fingerprint density at radius 3 is 2.61 bits per heavy atom. The largest absolute Gasteiger partial charge is 0.479 e. The molecule has 1 saturated carbocycles. The molecule has 4 atom stereocenters. The minimum absolute atomic E-state index is 0.116. The molecule has 5 nitrogen and oxygen atoms in total. The minimum Gasteiger partial charge on any atom is -0.479 e. The van der Waals surface area contributed by atoms with Crippen LogP contribution in [-0.4, -0.2) is 46.4 Å². The van der Waals surface area contributed by atoms with E-state index in [9.17, 15) is 9.90 Å². The van der Waals surface area contributed by atoms with Crippen molar-refractivity contribution < 1.29 is 19.7 Å². The number of hydrogen-bond donors (Lipinski definition) is 2. The second-order valence-corrected chi connectivity index (χ2v) is 7.11. The Morgan fingerprint density at radius 1 is 1.39 bits per heavy atom. The van der Waals surface area contributed by atoms with E-state index in [-0.39, 0.29) is 6.10 Å². The lowest BCUT2D eigenvalue weighted by atomic mass is 10.0. The summed E-state index contributed by atoms with van der Waals surface area (Å²) in [6.45, 7) is 4.34. The number of hydrogen-bond acceptors (Lipinski definition) is 4. The standard InChI is InChI=1S/C17H22ClNO4/c1-10(17(21)22)23-16-3-2-11(4-15(16)18)7-19-8-12-5-14(20)6-13(12)9-19/h2-4,10,12-14,20H,5-9H2,1H3,(H,21,22)/t10?,12-,13+,14?. The molecule has 0 radical (unpaired) electrons. The molecule has 0 amide bonds. The number of aliphatic carboxylic acids is 1. The molecule has 0 aromatic heterocycles. The average molecular weight is 340 g/mol. The van der Waals surface area contributed by atoms with Crippen LogP contribution in [0.1, 0.15) is 25.3 Å². The minimum atomic E-state index is -1.02. The molecule has 6 heteroatoms. The number of carboxylic acid groups (broad SMARTS) is 1. The van der Waals surface area contributed by atoms with E-state index in [0.717, 1.165) is 38.0 Å². The van der Waals surface area contributed by atoms with E-state index in [1.807, 2.05) is 12.1 Å². The quantitative estimate of drug-likeness (QED) is 0.862. The van der Waals surface area contributed by atoms with Crippen molar-refractivity contribution in [3.63, 3.8) is 0 Å². The predicted octanol–water partition coefficient (Wildman–Crippen LogP) is 2.39. The maximum Gasteiger partial charge on any atom is 0.344 e. The van der Waals surface area contributed by atoms with E-state index >= 15 is 0 Å². The first-order valence-electron chi connectivity index (χ1n) is 8.00. The normalized spacial score (nSPS) is 28.6. The number of benzene rings is 1. The van der Waals surface area contributed by atoms with Gasteiger partial charge < -0.3 is 14.9 Å². The molecule has 1 saturated heterocycles. The zero-order valence-corrected chi connectivity index (χ0v) is 13.9. The van der Waals surface area contributed by atoms with Crippen molar-refractivity contribution in [3.05, 3.63) is 28.8 Å². The Kier molecular flexibility index (Phi) is 4.80. The highest BCUT2D eigenvalue weighted by Crippen LogP contribution is 2.38. The molecule has 1 aliphatic heterocycles. The third kappa shape index (κ3) is 3.79. The van der Waals surface area contributed by atoms with E-state index < -0.39 is 12.1 Å². The van der Waals surface area contributed by atoms with E-state index in [1.165, 1.54) is 6.92 Å². The molecule has 3 rings (SSSR count). The van der Waals surface area contributed by atoms with E-state index in [2.05, 4.69) is 4.90 Å². The number of carbonyl (C=O) groups is 1. The van der Waals surface area contributed by atoms with Crippen LogP contribution < -0.4 is 4.74 Å². The van der Waals surface area contributed by atoms with Gasteiger partial charge in [-0.25, -0.2) is 4.79 Å². The number of rotatable bonds is 5. The van der Waals surface area contributed by atoms with Crippen LogP contribution in [-0.2, 0) is 11.3 Å². The fourth-order valence-electron chi connectivity index (χ4n) is 3.73. The Hall–Kier alpha value is -1.30. The van der Waals surface area contributed by atoms with Gasteiger partial charge in [0.1, 0.15) is 5.75 Å². The van der Waals surface area contributed by atoms with Gasteiger partial charge in [-0.3, -0.25) is 4.90 Å². The Morgan fingerprint density at radius 2 is 2.04 bits per heavy atom. The number of aliphatic hydroxyl groups is 1. The zero-order valence-electron chi connectivity index (χ0n) is 13.1. The molecule has 2 fully saturated rings. The molecule has 2 aliphatic rings. The van der Waals surface area contributed by atoms with Crippen LogP contribution in [0.4, 0.5) is 0 Å². The fourth-order valence-corrected chi connectivity index (χ4v) is 3.98. The lowest BCUT2D eigenvalue weighted by molar-refractivity contribution is -0.144. The summed E-state index contributed by atoms with van der Waals surface area (Å²) in [5, 5.41) is 19.0. The number of likely N-dealkylation sites (tertiary alicyclic amines) is 1. The number of carboxylic acids is 1. The van der Waals surface area contributed by atoms with Crippen molar-refractivity contribution in [2.24, 2.45) is 11.8 Å². The van der Waals surface area contributed by atoms with E-state index in [4.69, 9.17) is 21.4 Å². The van der Waals surface area contributed by atoms with Crippen LogP contribution in [0, 0.1) is 11.8 Å². The van der Waals surface area contributed by atoms with Gasteiger partial charge in [0.2, 0.25) is 0 Å². The number of fused-ring (bicyclic) bond motifs is 1. The molecule has 1 aliphatic carbocycles. The first kappa shape index (κ1) is 16.6. The maximum absolute atomic E-state index is 10.8. The fraction of sp³-hybridized carbons (Fsp3) is 0.588. The van der Waals surface area contributed by atoms with Gasteiger partial charge in [-0.05, 0) is 49.3 Å². The zero-order chi connectivity index (χ0) is 16.6. The van der Waals surface area contributed by atoms with Crippen molar-refractivity contribution in [1.82, 2.24) is 4.90 Å². The summed E-state index contributed by atoms with van der Waals surface area (Å²) in [5.74, 6) is 0.599. The molecule has 1 heterocycles. The van der Waals surface area contributed by atoms with E-state index in [0.29, 0.717) is 22.6 Å². The van der Waals surface area contributed by atoms with Gasteiger partial charge in [-0.1, -0.05) is 17.7 Å². The van der Waals surface area contributed by atoms with Crippen LogP contribution in [0.15, 0.2) is 18.2 Å². The molecule has 0 bridgehead atoms. The molecule has 2 N–H and O–H groups in total. The van der Waals surface area contributed by atoms with Gasteiger partial charge in [-0.15, -0.1) is 0 Å². The van der Waals surface area contributed by atoms with Gasteiger partial charge >= 0.3 is 5.97 Å². The van der Waals surface area contributed by atoms with Gasteiger partial charge in [0.15, 0.2) is 6.10 Å². The number of aliphatic hydroxyl groups excluding tert-OH is 1. The van der Waals surface area contributed by atoms with E-state index in [1.54, 1.807) is 6.07 Å². The summed E-state index contributed by atoms with van der Waals surface area (Å²) >= 11 is 6.21. The highest BCUT2D eigenvalue weighted by atomic mass is 35.5. The Bertz CT molecular complexity index is 580. The van der Waals surface area contributed by atoms with Gasteiger partial charge in [0, 0.05) is 19.6 Å². The topological polar surface area (TPSA) is 70.0 Å². The van der Waals surface area contributed by atoms with Gasteiger partial charge in [0.25, 0.3) is 0 Å². The second-order valence-electron chi connectivity index (χ2n) is 6.70. The molecule has 0 spiro atoms. The molecule has 126 valence electrons. The Balaban J connectivity index is 1.59. The lowest BCUT2D eigenvalue weighted by Gasteiger charge is -2.18. The summed E-state index contributed by atoms with van der Waals surface area (Å²) in [5.41, 5.74) is 1.09. The van der Waals surface area contributed by atoms with Crippen molar-refractivity contribution in [1.29, 1.82) is 0 Å². The summed E-state index contributed by atoms with van der Waals surface area (Å²) in [7, 11) is 0. The van der Waals surface area contributed by atoms with Crippen LogP contribution in [0.25, 0.3) is 0 Å². The van der Waals surface area contributed by atoms with Crippen molar-refractivity contribution in [3.8, 4) is 5.75 Å². The van der Waals surface area contributed by atoms with Gasteiger partial charge in [0.05, 0.1) is 11.1 Å². The molecule has 2 unspecified atom stereocenters. The molecular weight excluding hydrogens is 318 g/mol. The highest BCUT2D eigenvalue weighted by molar-refractivity contribution is 6.32.